The zero-order chi connectivity index (χ0) is 17.7. The number of carboxylic acid groups (broad SMARTS) is 1. The molecule has 0 saturated heterocycles. The minimum absolute atomic E-state index is 0.288. The number of nitrogen functional groups attached to an aromatic ring is 1. The summed E-state index contributed by atoms with van der Waals surface area (Å²) >= 11 is 0. The van der Waals surface area contributed by atoms with Gasteiger partial charge in [-0.05, 0) is 41.8 Å². The first-order chi connectivity index (χ1) is 11.5. The van der Waals surface area contributed by atoms with E-state index < -0.39 is 11.9 Å². The molecule has 6 nitrogen and oxygen atoms in total. The van der Waals surface area contributed by atoms with Gasteiger partial charge in [-0.1, -0.05) is 12.1 Å². The zero-order valence-electron chi connectivity index (χ0n) is 13.9. The lowest BCUT2D eigenvalue weighted by Gasteiger charge is -2.17. The maximum Gasteiger partial charge on any atom is 0.311 e. The summed E-state index contributed by atoms with van der Waals surface area (Å²) in [5, 5.41) is 9.59. The van der Waals surface area contributed by atoms with Gasteiger partial charge in [0.2, 0.25) is 5.75 Å². The molecule has 3 N–H and O–H groups in total. The predicted octanol–water partition coefficient (Wildman–Crippen LogP) is 2.71. The van der Waals surface area contributed by atoms with Gasteiger partial charge in [0.1, 0.15) is 0 Å². The Labute approximate surface area is 140 Å². The summed E-state index contributed by atoms with van der Waals surface area (Å²) in [5.74, 6) is -0.147. The number of ether oxygens (including phenoxy) is 3. The van der Waals surface area contributed by atoms with E-state index in [2.05, 4.69) is 0 Å². The van der Waals surface area contributed by atoms with Crippen LogP contribution in [0.2, 0.25) is 0 Å². The van der Waals surface area contributed by atoms with Crippen molar-refractivity contribution in [2.75, 3.05) is 27.1 Å². The van der Waals surface area contributed by atoms with E-state index in [0.29, 0.717) is 28.5 Å². The Morgan fingerprint density at radius 3 is 2.00 bits per heavy atom. The Balaban J connectivity index is 2.39. The normalized spacial score (nSPS) is 11.6. The van der Waals surface area contributed by atoms with Gasteiger partial charge < -0.3 is 25.1 Å². The SMILES string of the molecule is COc1cc(CC(C(=O)O)c2ccc(N)cc2)cc(OC)c1OC. The number of benzene rings is 2. The van der Waals surface area contributed by atoms with Crippen LogP contribution >= 0.6 is 0 Å². The van der Waals surface area contributed by atoms with Crippen LogP contribution < -0.4 is 19.9 Å². The second-order valence-electron chi connectivity index (χ2n) is 5.30. The number of carbonyl (C=O) groups is 1. The first-order valence-electron chi connectivity index (χ1n) is 7.37. The fraction of sp³-hybridized carbons (Fsp3) is 0.278. The van der Waals surface area contributed by atoms with Crippen molar-refractivity contribution in [2.24, 2.45) is 0 Å². The third-order valence-electron chi connectivity index (χ3n) is 3.80. The Morgan fingerprint density at radius 1 is 1.04 bits per heavy atom. The first-order valence-corrected chi connectivity index (χ1v) is 7.37. The van der Waals surface area contributed by atoms with Gasteiger partial charge in [-0.2, -0.15) is 0 Å². The summed E-state index contributed by atoms with van der Waals surface area (Å²) in [6.07, 6.45) is 0.288. The van der Waals surface area contributed by atoms with Crippen LogP contribution in [0.15, 0.2) is 36.4 Å². The predicted molar refractivity (Wildman–Crippen MR) is 91.0 cm³/mol. The average molecular weight is 331 g/mol. The number of aliphatic carboxylic acids is 1. The molecule has 24 heavy (non-hydrogen) atoms. The molecule has 0 radical (unpaired) electrons. The molecule has 2 aromatic carbocycles. The lowest BCUT2D eigenvalue weighted by molar-refractivity contribution is -0.138. The number of hydrogen-bond acceptors (Lipinski definition) is 5. The largest absolute Gasteiger partial charge is 0.493 e. The van der Waals surface area contributed by atoms with Crippen molar-refractivity contribution in [1.29, 1.82) is 0 Å². The van der Waals surface area contributed by atoms with Crippen LogP contribution in [-0.4, -0.2) is 32.4 Å². The third-order valence-corrected chi connectivity index (χ3v) is 3.80. The highest BCUT2D eigenvalue weighted by Crippen LogP contribution is 2.39. The van der Waals surface area contributed by atoms with Gasteiger partial charge in [0, 0.05) is 5.69 Å². The molecule has 1 atom stereocenters. The van der Waals surface area contributed by atoms with Crippen molar-refractivity contribution in [3.8, 4) is 17.2 Å². The summed E-state index contributed by atoms with van der Waals surface area (Å²) in [7, 11) is 4.57. The fourth-order valence-electron chi connectivity index (χ4n) is 2.56. The van der Waals surface area contributed by atoms with E-state index in [4.69, 9.17) is 19.9 Å². The van der Waals surface area contributed by atoms with Gasteiger partial charge in [-0.15, -0.1) is 0 Å². The minimum atomic E-state index is -0.909. The van der Waals surface area contributed by atoms with E-state index in [9.17, 15) is 9.90 Å². The van der Waals surface area contributed by atoms with E-state index in [1.807, 2.05) is 0 Å². The van der Waals surface area contributed by atoms with E-state index >= 15 is 0 Å². The lowest BCUT2D eigenvalue weighted by Crippen LogP contribution is -2.14. The topological polar surface area (TPSA) is 91.0 Å². The van der Waals surface area contributed by atoms with E-state index in [1.54, 1.807) is 36.4 Å². The highest BCUT2D eigenvalue weighted by atomic mass is 16.5. The van der Waals surface area contributed by atoms with Crippen LogP contribution in [0.3, 0.4) is 0 Å². The van der Waals surface area contributed by atoms with Crippen LogP contribution in [-0.2, 0) is 11.2 Å². The zero-order valence-corrected chi connectivity index (χ0v) is 13.9. The van der Waals surface area contributed by atoms with Crippen molar-refractivity contribution in [2.45, 2.75) is 12.3 Å². The summed E-state index contributed by atoms with van der Waals surface area (Å²) in [6, 6.07) is 10.4. The molecule has 128 valence electrons. The Bertz CT molecular complexity index is 687. The molecule has 0 bridgehead atoms. The molecule has 0 amide bonds. The molecule has 1 unspecified atom stereocenters. The second kappa shape index (κ2) is 7.59. The van der Waals surface area contributed by atoms with Crippen molar-refractivity contribution < 1.29 is 24.1 Å². The Morgan fingerprint density at radius 2 is 1.58 bits per heavy atom. The molecule has 2 aromatic rings. The molecule has 6 heteroatoms. The molecule has 2 rings (SSSR count). The molecule has 0 fully saturated rings. The van der Waals surface area contributed by atoms with Crippen molar-refractivity contribution >= 4 is 11.7 Å². The quantitative estimate of drug-likeness (QED) is 0.758. The lowest BCUT2D eigenvalue weighted by atomic mass is 9.91. The van der Waals surface area contributed by atoms with Gasteiger partial charge in [0.05, 0.1) is 27.2 Å². The van der Waals surface area contributed by atoms with Crippen molar-refractivity contribution in [3.05, 3.63) is 47.5 Å². The highest BCUT2D eigenvalue weighted by Gasteiger charge is 2.22. The monoisotopic (exact) mass is 331 g/mol. The molecule has 0 spiro atoms. The van der Waals surface area contributed by atoms with E-state index in [1.165, 1.54) is 21.3 Å². The standard InChI is InChI=1S/C18H21NO5/c1-22-15-9-11(10-16(23-2)17(15)24-3)8-14(18(20)21)12-4-6-13(19)7-5-12/h4-7,9-10,14H,8,19H2,1-3H3,(H,20,21). The number of nitrogens with two attached hydrogens (primary N) is 1. The number of rotatable bonds is 7. The summed E-state index contributed by atoms with van der Waals surface area (Å²) in [5.41, 5.74) is 7.72. The number of methoxy groups -OCH3 is 3. The maximum absolute atomic E-state index is 11.7. The van der Waals surface area contributed by atoms with E-state index in [-0.39, 0.29) is 6.42 Å². The van der Waals surface area contributed by atoms with Crippen LogP contribution in [0.4, 0.5) is 5.69 Å². The van der Waals surface area contributed by atoms with Crippen LogP contribution in [0.1, 0.15) is 17.0 Å². The fourth-order valence-corrected chi connectivity index (χ4v) is 2.56. The second-order valence-corrected chi connectivity index (χ2v) is 5.30. The molecule has 0 aliphatic heterocycles. The Kier molecular flexibility index (Phi) is 5.52. The van der Waals surface area contributed by atoms with Gasteiger partial charge >= 0.3 is 5.97 Å². The van der Waals surface area contributed by atoms with Crippen LogP contribution in [0.25, 0.3) is 0 Å². The van der Waals surface area contributed by atoms with E-state index in [0.717, 1.165) is 5.56 Å². The Hall–Kier alpha value is -2.89. The molecule has 0 saturated carbocycles. The third kappa shape index (κ3) is 3.71. The molecule has 0 aromatic heterocycles. The minimum Gasteiger partial charge on any atom is -0.493 e. The first kappa shape index (κ1) is 17.5. The van der Waals surface area contributed by atoms with Gasteiger partial charge in [0.15, 0.2) is 11.5 Å². The van der Waals surface area contributed by atoms with Gasteiger partial charge in [0.25, 0.3) is 0 Å². The highest BCUT2D eigenvalue weighted by molar-refractivity contribution is 5.77. The number of hydrogen-bond donors (Lipinski definition) is 2. The molecule has 0 heterocycles. The molecular weight excluding hydrogens is 310 g/mol. The molecule has 0 aliphatic carbocycles. The smallest absolute Gasteiger partial charge is 0.311 e. The summed E-state index contributed by atoms with van der Waals surface area (Å²) < 4.78 is 15.9. The van der Waals surface area contributed by atoms with Crippen molar-refractivity contribution in [1.82, 2.24) is 0 Å². The van der Waals surface area contributed by atoms with Crippen molar-refractivity contribution in [3.63, 3.8) is 0 Å². The maximum atomic E-state index is 11.7. The van der Waals surface area contributed by atoms with Crippen LogP contribution in [0, 0.1) is 0 Å². The number of carboxylic acids is 1. The average Bonchev–Trinajstić information content (AvgIpc) is 2.59. The van der Waals surface area contributed by atoms with Gasteiger partial charge in [-0.25, -0.2) is 0 Å². The van der Waals surface area contributed by atoms with Gasteiger partial charge in [-0.3, -0.25) is 4.79 Å². The summed E-state index contributed by atoms with van der Waals surface area (Å²) in [6.45, 7) is 0. The molecule has 0 aliphatic rings. The number of anilines is 1. The van der Waals surface area contributed by atoms with Crippen LogP contribution in [0.5, 0.6) is 17.2 Å². The molecular formula is C18H21NO5. The summed E-state index contributed by atoms with van der Waals surface area (Å²) in [4.78, 5) is 11.7.